The molecule has 0 aliphatic carbocycles. The zero-order valence-corrected chi connectivity index (χ0v) is 37.3. The summed E-state index contributed by atoms with van der Waals surface area (Å²) < 4.78 is 23.4. The summed E-state index contributed by atoms with van der Waals surface area (Å²) in [5, 5.41) is 108. The van der Waals surface area contributed by atoms with Crippen molar-refractivity contribution in [1.82, 2.24) is 0 Å². The first-order chi connectivity index (χ1) is 30.2. The van der Waals surface area contributed by atoms with Gasteiger partial charge in [-0.2, -0.15) is 0 Å². The molecular formula is C48H77NO16. The Bertz CT molecular complexity index is 1630. The maximum atomic E-state index is 12.6. The van der Waals surface area contributed by atoms with Crippen molar-refractivity contribution >= 4 is 11.9 Å². The molecule has 4 unspecified atom stereocenters. The number of aliphatic carboxylic acids is 1. The highest BCUT2D eigenvalue weighted by Gasteiger charge is 2.50. The Kier molecular flexibility index (Phi) is 25.5. The van der Waals surface area contributed by atoms with Crippen LogP contribution in [-0.2, 0) is 28.5 Å². The standard InChI is InChI=1S/C47H73NO16.CH4/c1-28-17-15-13-11-9-7-5-6-8-10-12-14-16-18-35(63-46-44(57)36(48)21-29(2)61-46)25-40-42(45(58)59)39(54)27-47(60,64-40)26-34(51)23-38(53)37(52)20-19-32(49)22-33(50)24-41(55)62-31(4)30(3)43(28)56;/h5-18,28-40,42-44,46,49-54,56-57,60H,19-27,48H2,1-4H3,(H,58,59);1H4/b6-5+,9-7+,10-8+,13-11+,14-12+,17-15+,18-16+;/t28-,29?,30-,31-,32+,33+,34-,35-,36?,37+,38+,39-,40-,42+,43+,44?,46?,47+;/m0./s1. The van der Waals surface area contributed by atoms with Crippen LogP contribution in [0.3, 0.4) is 0 Å². The van der Waals surface area contributed by atoms with Gasteiger partial charge in [0.2, 0.25) is 0 Å². The van der Waals surface area contributed by atoms with Crippen LogP contribution in [0.15, 0.2) is 85.1 Å². The van der Waals surface area contributed by atoms with E-state index in [1.165, 1.54) is 0 Å². The zero-order valence-electron chi connectivity index (χ0n) is 37.3. The SMILES string of the molecule is C.CC1CC(N)C(O)C(O[C@H]2/C=C/C=C/C=C/C=C/C=C/C=C/C=C/[C@H](C)[C@@H](O)[C@@H](C)[C@H](C)OC(=O)C[C@H](O)C[C@H](O)CC[C@@H](O)[C@H](O)C[C@H](O)C[C@]3(O)C[C@H](O)[C@@H](C(=O)O)[C@H](C2)O3)O1. The third-order valence-corrected chi connectivity index (χ3v) is 11.8. The van der Waals surface area contributed by atoms with E-state index in [0.717, 1.165) is 0 Å². The number of carbonyl (C=O) groups is 2. The van der Waals surface area contributed by atoms with Crippen molar-refractivity contribution in [1.29, 1.82) is 0 Å². The number of carbonyl (C=O) groups excluding carboxylic acids is 1. The number of rotatable bonds is 3. The Labute approximate surface area is 383 Å². The molecule has 3 aliphatic rings. The number of carboxylic acids is 1. The predicted octanol–water partition coefficient (Wildman–Crippen LogP) is 2.38. The van der Waals surface area contributed by atoms with E-state index in [2.05, 4.69) is 0 Å². The molecule has 0 amide bonds. The van der Waals surface area contributed by atoms with Gasteiger partial charge in [0.1, 0.15) is 18.1 Å². The van der Waals surface area contributed by atoms with E-state index >= 15 is 0 Å². The van der Waals surface area contributed by atoms with Crippen molar-refractivity contribution < 1.29 is 79.6 Å². The third kappa shape index (κ3) is 20.2. The van der Waals surface area contributed by atoms with Crippen LogP contribution >= 0.6 is 0 Å². The summed E-state index contributed by atoms with van der Waals surface area (Å²) in [6.45, 7) is 6.99. The molecule has 0 aromatic heterocycles. The molecule has 3 rings (SSSR count). The number of hydrogen-bond acceptors (Lipinski definition) is 16. The van der Waals surface area contributed by atoms with Gasteiger partial charge in [0.05, 0.1) is 67.5 Å². The summed E-state index contributed by atoms with van der Waals surface area (Å²) in [5.74, 6) is -6.69. The normalized spacial score (nSPS) is 44.2. The number of carboxylic acid groups (broad SMARTS) is 1. The van der Waals surface area contributed by atoms with E-state index in [0.29, 0.717) is 6.42 Å². The van der Waals surface area contributed by atoms with E-state index in [4.69, 9.17) is 24.7 Å². The van der Waals surface area contributed by atoms with Gasteiger partial charge in [0, 0.05) is 43.6 Å². The molecule has 3 aliphatic heterocycles. The van der Waals surface area contributed by atoms with Crippen LogP contribution in [0.5, 0.6) is 0 Å². The first-order valence-electron chi connectivity index (χ1n) is 22.2. The molecule has 0 spiro atoms. The van der Waals surface area contributed by atoms with E-state index in [1.54, 1.807) is 69.4 Å². The number of aliphatic hydroxyl groups is 9. The Morgan fingerprint density at radius 2 is 1.26 bits per heavy atom. The number of esters is 1. The maximum absolute atomic E-state index is 12.6. The van der Waals surface area contributed by atoms with Crippen molar-refractivity contribution in [2.45, 2.75) is 184 Å². The molecule has 0 radical (unpaired) electrons. The van der Waals surface area contributed by atoms with E-state index in [9.17, 15) is 60.7 Å². The fraction of sp³-hybridized carbons (Fsp3) is 0.667. The lowest BCUT2D eigenvalue weighted by Crippen LogP contribution is -2.57. The molecule has 0 saturated carbocycles. The predicted molar refractivity (Wildman–Crippen MR) is 242 cm³/mol. The van der Waals surface area contributed by atoms with E-state index < -0.39 is 135 Å². The largest absolute Gasteiger partial charge is 0.481 e. The molecule has 3 heterocycles. The van der Waals surface area contributed by atoms with Gasteiger partial charge < -0.3 is 75.7 Å². The molecule has 12 N–H and O–H groups in total. The van der Waals surface area contributed by atoms with E-state index in [-0.39, 0.29) is 45.1 Å². The van der Waals surface area contributed by atoms with Crippen LogP contribution in [0, 0.1) is 17.8 Å². The van der Waals surface area contributed by atoms with Gasteiger partial charge in [-0.15, -0.1) is 0 Å². The van der Waals surface area contributed by atoms with Crippen molar-refractivity contribution in [2.24, 2.45) is 23.5 Å². The average molecular weight is 924 g/mol. The van der Waals surface area contributed by atoms with Crippen LogP contribution in [0.1, 0.15) is 92.9 Å². The van der Waals surface area contributed by atoms with Crippen LogP contribution in [0.2, 0.25) is 0 Å². The summed E-state index contributed by atoms with van der Waals surface area (Å²) in [5.41, 5.74) is 6.12. The summed E-state index contributed by atoms with van der Waals surface area (Å²) in [7, 11) is 0. The minimum absolute atomic E-state index is 0. The second-order valence-electron chi connectivity index (χ2n) is 17.5. The number of hydrogen-bond donors (Lipinski definition) is 11. The molecule has 0 aromatic rings. The smallest absolute Gasteiger partial charge is 0.311 e. The molecule has 370 valence electrons. The summed E-state index contributed by atoms with van der Waals surface area (Å²) in [6, 6.07) is -0.671. The summed E-state index contributed by atoms with van der Waals surface area (Å²) in [4.78, 5) is 25.1. The number of nitrogens with two attached hydrogens (primary N) is 1. The maximum Gasteiger partial charge on any atom is 0.311 e. The number of allylic oxidation sites excluding steroid dienone is 12. The lowest BCUT2D eigenvalue weighted by atomic mass is 9.82. The van der Waals surface area contributed by atoms with Crippen molar-refractivity contribution in [2.75, 3.05) is 0 Å². The van der Waals surface area contributed by atoms with Gasteiger partial charge in [-0.3, -0.25) is 9.59 Å². The second-order valence-corrected chi connectivity index (χ2v) is 17.5. The van der Waals surface area contributed by atoms with E-state index in [1.807, 2.05) is 43.4 Å². The number of aliphatic hydroxyl groups excluding tert-OH is 8. The Balaban J connectivity index is 0.0000145. The fourth-order valence-electron chi connectivity index (χ4n) is 7.99. The molecular weight excluding hydrogens is 847 g/mol. The highest BCUT2D eigenvalue weighted by atomic mass is 16.7. The van der Waals surface area contributed by atoms with Gasteiger partial charge in [0.25, 0.3) is 0 Å². The molecule has 2 bridgehead atoms. The average Bonchev–Trinajstić information content (AvgIpc) is 3.19. The molecule has 65 heavy (non-hydrogen) atoms. The number of cyclic esters (lactones) is 1. The lowest BCUT2D eigenvalue weighted by molar-refractivity contribution is -0.305. The van der Waals surface area contributed by atoms with Gasteiger partial charge in [-0.1, -0.05) is 106 Å². The quantitative estimate of drug-likeness (QED) is 0.181. The Morgan fingerprint density at radius 1 is 0.692 bits per heavy atom. The first kappa shape index (κ1) is 57.7. The molecule has 2 fully saturated rings. The highest BCUT2D eigenvalue weighted by molar-refractivity contribution is 5.71. The first-order valence-corrected chi connectivity index (χ1v) is 22.2. The van der Waals surface area contributed by atoms with Crippen molar-refractivity contribution in [3.8, 4) is 0 Å². The van der Waals surface area contributed by atoms with Crippen molar-refractivity contribution in [3.63, 3.8) is 0 Å². The van der Waals surface area contributed by atoms with Gasteiger partial charge in [-0.25, -0.2) is 0 Å². The topological polar surface area (TPSA) is 299 Å². The van der Waals surface area contributed by atoms with Crippen molar-refractivity contribution in [3.05, 3.63) is 85.1 Å². The van der Waals surface area contributed by atoms with Crippen LogP contribution < -0.4 is 5.73 Å². The Hall–Kier alpha value is -3.40. The highest BCUT2D eigenvalue weighted by Crippen LogP contribution is 2.38. The zero-order chi connectivity index (χ0) is 47.6. The lowest BCUT2D eigenvalue weighted by Gasteiger charge is -2.45. The van der Waals surface area contributed by atoms with Crippen LogP contribution in [-0.4, -0.2) is 154 Å². The van der Waals surface area contributed by atoms with Crippen LogP contribution in [0.25, 0.3) is 0 Å². The molecule has 17 heteroatoms. The van der Waals surface area contributed by atoms with Gasteiger partial charge >= 0.3 is 11.9 Å². The minimum atomic E-state index is -2.29. The third-order valence-electron chi connectivity index (χ3n) is 11.8. The summed E-state index contributed by atoms with van der Waals surface area (Å²) in [6.07, 6.45) is 6.77. The Morgan fingerprint density at radius 3 is 1.85 bits per heavy atom. The summed E-state index contributed by atoms with van der Waals surface area (Å²) >= 11 is 0. The van der Waals surface area contributed by atoms with Crippen LogP contribution in [0.4, 0.5) is 0 Å². The molecule has 17 nitrogen and oxygen atoms in total. The number of ether oxygens (including phenoxy) is 4. The fourth-order valence-corrected chi connectivity index (χ4v) is 7.99. The number of fused-ring (bicyclic) bond motifs is 2. The molecule has 18 atom stereocenters. The monoisotopic (exact) mass is 924 g/mol. The van der Waals surface area contributed by atoms with Gasteiger partial charge in [-0.05, 0) is 39.5 Å². The molecule has 0 aromatic carbocycles. The molecule has 2 saturated heterocycles. The van der Waals surface area contributed by atoms with Gasteiger partial charge in [0.15, 0.2) is 12.1 Å². The minimum Gasteiger partial charge on any atom is -0.481 e. The second kappa shape index (κ2) is 28.7.